The summed E-state index contributed by atoms with van der Waals surface area (Å²) in [6.45, 7) is 1.96. The fraction of sp³-hybridized carbons (Fsp3) is 0.136. The zero-order chi connectivity index (χ0) is 20.6. The monoisotopic (exact) mass is 410 g/mol. The molecule has 0 saturated heterocycles. The average molecular weight is 410 g/mol. The van der Waals surface area contributed by atoms with Crippen LogP contribution in [0.2, 0.25) is 0 Å². The van der Waals surface area contributed by atoms with E-state index < -0.39 is 11.8 Å². The van der Waals surface area contributed by atoms with Gasteiger partial charge in [-0.05, 0) is 31.2 Å². The highest BCUT2D eigenvalue weighted by atomic mass is 32.1. The molecule has 148 valence electrons. The molecule has 3 rings (SSSR count). The van der Waals surface area contributed by atoms with Gasteiger partial charge in [-0.25, -0.2) is 14.2 Å². The molecule has 0 bridgehead atoms. The summed E-state index contributed by atoms with van der Waals surface area (Å²) in [7, 11) is 0. The van der Waals surface area contributed by atoms with Crippen molar-refractivity contribution in [2.45, 2.75) is 20.0 Å². The maximum Gasteiger partial charge on any atom is 0.331 e. The van der Waals surface area contributed by atoms with Crippen LogP contribution in [-0.2, 0) is 27.4 Å². The van der Waals surface area contributed by atoms with Gasteiger partial charge in [0.05, 0.1) is 12.1 Å². The lowest BCUT2D eigenvalue weighted by Crippen LogP contribution is -2.14. The van der Waals surface area contributed by atoms with E-state index in [1.165, 1.54) is 29.6 Å². The predicted molar refractivity (Wildman–Crippen MR) is 111 cm³/mol. The van der Waals surface area contributed by atoms with Crippen molar-refractivity contribution in [3.05, 3.63) is 87.6 Å². The van der Waals surface area contributed by atoms with E-state index in [-0.39, 0.29) is 18.9 Å². The molecule has 29 heavy (non-hydrogen) atoms. The fourth-order valence-corrected chi connectivity index (χ4v) is 3.21. The molecule has 0 aliphatic heterocycles. The molecule has 0 atom stereocenters. The molecular weight excluding hydrogens is 391 g/mol. The third kappa shape index (κ3) is 6.36. The zero-order valence-corrected chi connectivity index (χ0v) is 16.5. The minimum atomic E-state index is -0.597. The Kier molecular flexibility index (Phi) is 6.86. The number of nitrogens with one attached hydrogen (secondary N) is 1. The van der Waals surface area contributed by atoms with Crippen LogP contribution in [-0.4, -0.2) is 16.9 Å². The molecule has 5 nitrogen and oxygen atoms in total. The summed E-state index contributed by atoms with van der Waals surface area (Å²) in [5.41, 5.74) is 2.71. The number of rotatable bonds is 7. The highest BCUT2D eigenvalue weighted by molar-refractivity contribution is 7.09. The SMILES string of the molecule is Cc1ccc(NC(=O)Cc2nc(COC(=O)/C=C/c3ccccc3F)cs2)cc1. The molecule has 0 saturated carbocycles. The van der Waals surface area contributed by atoms with Gasteiger partial charge in [0, 0.05) is 22.7 Å². The topological polar surface area (TPSA) is 68.3 Å². The minimum absolute atomic E-state index is 0.0173. The standard InChI is InChI=1S/C22H19FN2O3S/c1-15-6-9-17(10-7-15)24-20(26)12-21-25-18(14-29-21)13-28-22(27)11-8-16-4-2-3-5-19(16)23/h2-11,14H,12-13H2,1H3,(H,24,26)/b11-8+. The largest absolute Gasteiger partial charge is 0.456 e. The summed E-state index contributed by atoms with van der Waals surface area (Å²) < 4.78 is 18.6. The van der Waals surface area contributed by atoms with E-state index in [4.69, 9.17) is 4.74 Å². The van der Waals surface area contributed by atoms with Gasteiger partial charge < -0.3 is 10.1 Å². The second kappa shape index (κ2) is 9.75. The maximum absolute atomic E-state index is 13.5. The summed E-state index contributed by atoms with van der Waals surface area (Å²) in [4.78, 5) is 28.2. The molecule has 1 aromatic heterocycles. The third-order valence-electron chi connectivity index (χ3n) is 3.91. The Morgan fingerprint density at radius 1 is 1.17 bits per heavy atom. The predicted octanol–water partition coefficient (Wildman–Crippen LogP) is 4.53. The van der Waals surface area contributed by atoms with Crippen molar-refractivity contribution in [2.24, 2.45) is 0 Å². The summed E-state index contributed by atoms with van der Waals surface area (Å²) in [6.07, 6.45) is 2.67. The number of thiazole rings is 1. The van der Waals surface area contributed by atoms with Crippen LogP contribution in [0.3, 0.4) is 0 Å². The first-order chi connectivity index (χ1) is 14.0. The Morgan fingerprint density at radius 2 is 1.93 bits per heavy atom. The molecule has 1 N–H and O–H groups in total. The third-order valence-corrected chi connectivity index (χ3v) is 4.81. The molecule has 1 heterocycles. The van der Waals surface area contributed by atoms with Crippen molar-refractivity contribution in [2.75, 3.05) is 5.32 Å². The van der Waals surface area contributed by atoms with Crippen LogP contribution >= 0.6 is 11.3 Å². The van der Waals surface area contributed by atoms with Crippen LogP contribution in [0, 0.1) is 12.7 Å². The smallest absolute Gasteiger partial charge is 0.331 e. The van der Waals surface area contributed by atoms with Crippen LogP contribution in [0.5, 0.6) is 0 Å². The number of benzene rings is 2. The van der Waals surface area contributed by atoms with E-state index in [2.05, 4.69) is 10.3 Å². The van der Waals surface area contributed by atoms with Crippen molar-refractivity contribution < 1.29 is 18.7 Å². The summed E-state index contributed by atoms with van der Waals surface area (Å²) >= 11 is 1.32. The van der Waals surface area contributed by atoms with Gasteiger partial charge in [-0.3, -0.25) is 4.79 Å². The number of carbonyl (C=O) groups excluding carboxylic acids is 2. The number of carbonyl (C=O) groups is 2. The van der Waals surface area contributed by atoms with Crippen LogP contribution in [0.15, 0.2) is 60.0 Å². The van der Waals surface area contributed by atoms with E-state index in [9.17, 15) is 14.0 Å². The lowest BCUT2D eigenvalue weighted by atomic mass is 10.2. The number of halogens is 1. The van der Waals surface area contributed by atoms with E-state index in [1.807, 2.05) is 31.2 Å². The summed E-state index contributed by atoms with van der Waals surface area (Å²) in [5.74, 6) is -1.18. The van der Waals surface area contributed by atoms with Crippen molar-refractivity contribution in [1.29, 1.82) is 0 Å². The summed E-state index contributed by atoms with van der Waals surface area (Å²) in [6, 6.07) is 13.7. The Hall–Kier alpha value is -3.32. The van der Waals surface area contributed by atoms with Gasteiger partial charge in [-0.1, -0.05) is 35.9 Å². The molecule has 0 fully saturated rings. The van der Waals surface area contributed by atoms with E-state index >= 15 is 0 Å². The summed E-state index contributed by atoms with van der Waals surface area (Å²) in [5, 5.41) is 5.18. The Labute approximate surface area is 171 Å². The quantitative estimate of drug-likeness (QED) is 0.459. The van der Waals surface area contributed by atoms with Crippen LogP contribution in [0.4, 0.5) is 10.1 Å². The van der Waals surface area contributed by atoms with Gasteiger partial charge in [0.2, 0.25) is 5.91 Å². The molecule has 0 aliphatic rings. The average Bonchev–Trinajstić information content (AvgIpc) is 3.14. The second-order valence-electron chi connectivity index (χ2n) is 6.29. The van der Waals surface area contributed by atoms with Gasteiger partial charge in [0.15, 0.2) is 0 Å². The van der Waals surface area contributed by atoms with Crippen molar-refractivity contribution in [1.82, 2.24) is 4.98 Å². The number of ether oxygens (including phenoxy) is 1. The number of aromatic nitrogens is 1. The second-order valence-corrected chi connectivity index (χ2v) is 7.23. The van der Waals surface area contributed by atoms with Gasteiger partial charge in [-0.15, -0.1) is 11.3 Å². The number of anilines is 1. The van der Waals surface area contributed by atoms with Gasteiger partial charge in [0.25, 0.3) is 0 Å². The molecule has 2 aromatic carbocycles. The van der Waals surface area contributed by atoms with E-state index in [0.717, 1.165) is 11.3 Å². The number of esters is 1. The highest BCUT2D eigenvalue weighted by Gasteiger charge is 2.10. The zero-order valence-electron chi connectivity index (χ0n) is 15.7. The molecule has 0 unspecified atom stereocenters. The van der Waals surface area contributed by atoms with E-state index in [1.54, 1.807) is 23.6 Å². The highest BCUT2D eigenvalue weighted by Crippen LogP contribution is 2.14. The van der Waals surface area contributed by atoms with Gasteiger partial charge in [0.1, 0.15) is 17.4 Å². The maximum atomic E-state index is 13.5. The normalized spacial score (nSPS) is 10.8. The lowest BCUT2D eigenvalue weighted by molar-refractivity contribution is -0.139. The molecule has 0 spiro atoms. The first kappa shape index (κ1) is 20.4. The van der Waals surface area contributed by atoms with Crippen LogP contribution in [0.25, 0.3) is 6.08 Å². The van der Waals surface area contributed by atoms with Crippen molar-refractivity contribution >= 4 is 35.0 Å². The first-order valence-electron chi connectivity index (χ1n) is 8.89. The number of hydrogen-bond acceptors (Lipinski definition) is 5. The molecular formula is C22H19FN2O3S. The first-order valence-corrected chi connectivity index (χ1v) is 9.77. The van der Waals surface area contributed by atoms with Crippen LogP contribution in [0.1, 0.15) is 21.8 Å². The van der Waals surface area contributed by atoms with E-state index in [0.29, 0.717) is 16.3 Å². The molecule has 3 aromatic rings. The number of nitrogens with zero attached hydrogens (tertiary/aromatic N) is 1. The minimum Gasteiger partial charge on any atom is -0.456 e. The number of hydrogen-bond donors (Lipinski definition) is 1. The Morgan fingerprint density at radius 3 is 2.69 bits per heavy atom. The lowest BCUT2D eigenvalue weighted by Gasteiger charge is -2.04. The molecule has 0 aliphatic carbocycles. The van der Waals surface area contributed by atoms with Gasteiger partial charge >= 0.3 is 5.97 Å². The number of aryl methyl sites for hydroxylation is 1. The van der Waals surface area contributed by atoms with Crippen molar-refractivity contribution in [3.63, 3.8) is 0 Å². The van der Waals surface area contributed by atoms with Crippen LogP contribution < -0.4 is 5.32 Å². The molecule has 1 amide bonds. The van der Waals surface area contributed by atoms with Crippen molar-refractivity contribution in [3.8, 4) is 0 Å². The number of amides is 1. The van der Waals surface area contributed by atoms with Gasteiger partial charge in [-0.2, -0.15) is 0 Å². The Bertz CT molecular complexity index is 1030. The Balaban J connectivity index is 1.47. The molecule has 7 heteroatoms. The molecule has 0 radical (unpaired) electrons. The fourth-order valence-electron chi connectivity index (χ4n) is 2.44.